The predicted molar refractivity (Wildman–Crippen MR) is 129 cm³/mol. The lowest BCUT2D eigenvalue weighted by Crippen LogP contribution is -2.39. The highest BCUT2D eigenvalue weighted by Gasteiger charge is 2.44. The second-order valence-corrected chi connectivity index (χ2v) is 10.3. The van der Waals surface area contributed by atoms with Crippen molar-refractivity contribution >= 4 is 17.5 Å². The maximum Gasteiger partial charge on any atom is 0.311 e. The average molecular weight is 435 g/mol. The van der Waals surface area contributed by atoms with Gasteiger partial charge in [0.1, 0.15) is 0 Å². The van der Waals surface area contributed by atoms with E-state index in [9.17, 15) is 19.8 Å². The second kappa shape index (κ2) is 9.99. The van der Waals surface area contributed by atoms with Gasteiger partial charge in [-0.3, -0.25) is 9.59 Å². The predicted octanol–water partition coefficient (Wildman–Crippen LogP) is 6.54. The average Bonchev–Trinajstić information content (AvgIpc) is 2.67. The summed E-state index contributed by atoms with van der Waals surface area (Å²) in [5.41, 5.74) is 1.92. The zero-order chi connectivity index (χ0) is 24.1. The molecule has 2 aromatic rings. The Kier molecular flexibility index (Phi) is 7.84. The highest BCUT2D eigenvalue weighted by molar-refractivity contribution is 5.84. The Morgan fingerprint density at radius 1 is 0.656 bits per heavy atom. The van der Waals surface area contributed by atoms with Crippen molar-refractivity contribution in [3.63, 3.8) is 0 Å². The number of carboxylic acids is 2. The van der Waals surface area contributed by atoms with Crippen LogP contribution in [-0.2, 0) is 9.59 Å². The van der Waals surface area contributed by atoms with E-state index < -0.39 is 34.6 Å². The van der Waals surface area contributed by atoms with Crippen molar-refractivity contribution in [3.05, 3.63) is 89.5 Å². The summed E-state index contributed by atoms with van der Waals surface area (Å²) in [6.45, 7) is 11.0. The molecule has 0 aromatic heterocycles. The van der Waals surface area contributed by atoms with Gasteiger partial charge in [-0.2, -0.15) is 0 Å². The van der Waals surface area contributed by atoms with Crippen molar-refractivity contribution in [1.82, 2.24) is 0 Å². The molecular formula is C28H34O4. The van der Waals surface area contributed by atoms with Crippen molar-refractivity contribution in [2.75, 3.05) is 0 Å². The van der Waals surface area contributed by atoms with Crippen molar-refractivity contribution in [1.29, 1.82) is 0 Å². The number of hydrogen-bond donors (Lipinski definition) is 2. The topological polar surface area (TPSA) is 74.6 Å². The number of carbonyl (C=O) groups is 2. The van der Waals surface area contributed by atoms with E-state index in [-0.39, 0.29) is 0 Å². The number of aliphatic carboxylic acids is 2. The normalized spacial score (nSPS) is 13.6. The molecule has 2 aromatic carbocycles. The third-order valence-corrected chi connectivity index (χ3v) is 5.50. The molecule has 0 saturated carbocycles. The minimum Gasteiger partial charge on any atom is -0.481 e. The van der Waals surface area contributed by atoms with Crippen LogP contribution in [0.2, 0.25) is 0 Å². The Labute approximate surface area is 191 Å². The van der Waals surface area contributed by atoms with Gasteiger partial charge in [0, 0.05) is 0 Å². The van der Waals surface area contributed by atoms with Gasteiger partial charge < -0.3 is 10.2 Å². The molecule has 2 rings (SSSR count). The van der Waals surface area contributed by atoms with E-state index in [4.69, 9.17) is 0 Å². The molecule has 2 N–H and O–H groups in total. The molecule has 0 aliphatic carbocycles. The number of carboxylic acid groups (broad SMARTS) is 2. The van der Waals surface area contributed by atoms with Crippen LogP contribution in [0.25, 0.3) is 5.57 Å². The van der Waals surface area contributed by atoms with E-state index in [1.165, 1.54) is 0 Å². The fourth-order valence-electron chi connectivity index (χ4n) is 4.16. The molecule has 4 heteroatoms. The zero-order valence-electron chi connectivity index (χ0n) is 19.8. The maximum absolute atomic E-state index is 12.4. The van der Waals surface area contributed by atoms with Crippen LogP contribution in [0.4, 0.5) is 0 Å². The molecule has 0 spiro atoms. The lowest BCUT2D eigenvalue weighted by molar-refractivity contribution is -0.146. The van der Waals surface area contributed by atoms with Crippen LogP contribution < -0.4 is 0 Å². The third-order valence-electron chi connectivity index (χ3n) is 5.50. The summed E-state index contributed by atoms with van der Waals surface area (Å²) in [7, 11) is 0. The molecule has 170 valence electrons. The quantitative estimate of drug-likeness (QED) is 0.485. The minimum atomic E-state index is -1.02. The number of allylic oxidation sites excluding steroid dienone is 2. The van der Waals surface area contributed by atoms with Crippen molar-refractivity contribution in [2.45, 2.75) is 41.5 Å². The molecule has 32 heavy (non-hydrogen) atoms. The summed E-state index contributed by atoms with van der Waals surface area (Å²) in [5.74, 6) is -3.94. The van der Waals surface area contributed by atoms with Crippen LogP contribution in [-0.4, -0.2) is 22.2 Å². The van der Waals surface area contributed by atoms with Gasteiger partial charge in [0.05, 0.1) is 11.8 Å². The van der Waals surface area contributed by atoms with Crippen LogP contribution in [0.1, 0.15) is 52.7 Å². The molecular weight excluding hydrogens is 400 g/mol. The van der Waals surface area contributed by atoms with Gasteiger partial charge >= 0.3 is 11.9 Å². The molecule has 0 bridgehead atoms. The lowest BCUT2D eigenvalue weighted by atomic mass is 9.66. The van der Waals surface area contributed by atoms with E-state index >= 15 is 0 Å². The fourth-order valence-corrected chi connectivity index (χ4v) is 4.16. The first kappa shape index (κ1) is 25.1. The van der Waals surface area contributed by atoms with Gasteiger partial charge in [-0.15, -0.1) is 0 Å². The van der Waals surface area contributed by atoms with Gasteiger partial charge in [-0.1, -0.05) is 114 Å². The molecule has 2 unspecified atom stereocenters. The molecule has 4 nitrogen and oxygen atoms in total. The number of hydrogen-bond acceptors (Lipinski definition) is 2. The molecule has 0 radical (unpaired) electrons. The Hall–Kier alpha value is -3.14. The second-order valence-electron chi connectivity index (χ2n) is 10.3. The Bertz CT molecular complexity index is 912. The van der Waals surface area contributed by atoms with E-state index in [1.807, 2.05) is 108 Å². The summed E-state index contributed by atoms with van der Waals surface area (Å²) in [5, 5.41) is 20.2. The Balaban J connectivity index is 2.83. The zero-order valence-corrected chi connectivity index (χ0v) is 19.8. The first-order chi connectivity index (χ1) is 14.8. The third kappa shape index (κ3) is 6.19. The summed E-state index contributed by atoms with van der Waals surface area (Å²) in [4.78, 5) is 24.7. The van der Waals surface area contributed by atoms with Gasteiger partial charge in [0.15, 0.2) is 0 Å². The van der Waals surface area contributed by atoms with Gasteiger partial charge in [-0.25, -0.2) is 0 Å². The number of rotatable bonds is 7. The van der Waals surface area contributed by atoms with Crippen LogP contribution in [0, 0.1) is 22.7 Å². The van der Waals surface area contributed by atoms with E-state index in [1.54, 1.807) is 6.08 Å². The van der Waals surface area contributed by atoms with Crippen molar-refractivity contribution in [3.8, 4) is 0 Å². The van der Waals surface area contributed by atoms with Gasteiger partial charge in [0.25, 0.3) is 0 Å². The summed E-state index contributed by atoms with van der Waals surface area (Å²) in [6, 6.07) is 19.6. The molecule has 2 atom stereocenters. The van der Waals surface area contributed by atoms with Crippen molar-refractivity contribution < 1.29 is 19.8 Å². The Morgan fingerprint density at radius 3 is 1.28 bits per heavy atom. The smallest absolute Gasteiger partial charge is 0.311 e. The van der Waals surface area contributed by atoms with E-state index in [0.29, 0.717) is 5.57 Å². The molecule has 0 heterocycles. The van der Waals surface area contributed by atoms with E-state index in [0.717, 1.165) is 16.7 Å². The fraction of sp³-hybridized carbons (Fsp3) is 0.357. The van der Waals surface area contributed by atoms with Crippen LogP contribution in [0.15, 0.2) is 78.4 Å². The molecule has 0 fully saturated rings. The minimum absolute atomic E-state index is 0.398. The maximum atomic E-state index is 12.4. The summed E-state index contributed by atoms with van der Waals surface area (Å²) in [6.07, 6.45) is 3.59. The van der Waals surface area contributed by atoms with Gasteiger partial charge in [-0.05, 0) is 33.1 Å². The Morgan fingerprint density at radius 2 is 1.00 bits per heavy atom. The molecule has 0 aliphatic heterocycles. The van der Waals surface area contributed by atoms with E-state index in [2.05, 4.69) is 0 Å². The highest BCUT2D eigenvalue weighted by Crippen LogP contribution is 2.43. The first-order valence-corrected chi connectivity index (χ1v) is 10.8. The lowest BCUT2D eigenvalue weighted by Gasteiger charge is -2.37. The number of benzene rings is 2. The van der Waals surface area contributed by atoms with Crippen LogP contribution in [0.5, 0.6) is 0 Å². The first-order valence-electron chi connectivity index (χ1n) is 10.8. The largest absolute Gasteiger partial charge is 0.481 e. The molecule has 0 saturated heterocycles. The highest BCUT2D eigenvalue weighted by atomic mass is 16.4. The monoisotopic (exact) mass is 434 g/mol. The standard InChI is InChI=1S/C28H34O4/c1-27(2,3)23(25(29)30)22(24(26(31)32)28(4,5)6)18-17-21(19-13-9-7-10-14-19)20-15-11-8-12-16-20/h7-18,23-24H,1-6H3,(H,29,30)(H,31,32). The summed E-state index contributed by atoms with van der Waals surface area (Å²) < 4.78 is 0. The SMILES string of the molecule is CC(C)(C)C(C(=O)O)C(=CC=C(c1ccccc1)c1ccccc1)C(C(=O)O)C(C)(C)C. The van der Waals surface area contributed by atoms with Crippen molar-refractivity contribution in [2.24, 2.45) is 22.7 Å². The van der Waals surface area contributed by atoms with Crippen LogP contribution >= 0.6 is 0 Å². The molecule has 0 amide bonds. The molecule has 0 aliphatic rings. The summed E-state index contributed by atoms with van der Waals surface area (Å²) >= 11 is 0. The van der Waals surface area contributed by atoms with Gasteiger partial charge in [0.2, 0.25) is 0 Å². The van der Waals surface area contributed by atoms with Crippen LogP contribution in [0.3, 0.4) is 0 Å².